The molecule has 0 N–H and O–H groups in total. The Morgan fingerprint density at radius 2 is 2.10 bits per heavy atom. The summed E-state index contributed by atoms with van der Waals surface area (Å²) in [6.07, 6.45) is 1.26. The third-order valence-corrected chi connectivity index (χ3v) is 2.56. The van der Waals surface area contributed by atoms with Crippen LogP contribution < -0.4 is 0 Å². The highest BCUT2D eigenvalue weighted by molar-refractivity contribution is 4.72. The van der Waals surface area contributed by atoms with Crippen molar-refractivity contribution in [3.63, 3.8) is 0 Å². The molecule has 1 aliphatic heterocycles. The fourth-order valence-corrected chi connectivity index (χ4v) is 1.89. The first-order valence-electron chi connectivity index (χ1n) is 4.29. The van der Waals surface area contributed by atoms with Crippen molar-refractivity contribution in [1.29, 1.82) is 0 Å². The van der Waals surface area contributed by atoms with Crippen LogP contribution in [0.2, 0.25) is 0 Å². The third-order valence-electron chi connectivity index (χ3n) is 2.56. The Kier molecular flexibility index (Phi) is 2.72. The van der Waals surface area contributed by atoms with E-state index in [1.807, 2.05) is 0 Å². The molecule has 1 aliphatic rings. The quantitative estimate of drug-likeness (QED) is 0.546. The van der Waals surface area contributed by atoms with Crippen LogP contribution in [0.4, 0.5) is 0 Å². The summed E-state index contributed by atoms with van der Waals surface area (Å²) in [6, 6.07) is 0. The van der Waals surface area contributed by atoms with E-state index in [0.29, 0.717) is 0 Å². The molecule has 0 aromatic heterocycles. The van der Waals surface area contributed by atoms with Gasteiger partial charge >= 0.3 is 0 Å². The van der Waals surface area contributed by atoms with Gasteiger partial charge in [0.05, 0.1) is 0 Å². The molecule has 0 amide bonds. The van der Waals surface area contributed by atoms with Gasteiger partial charge in [-0.25, -0.2) is 0 Å². The molecule has 1 heterocycles. The molecule has 1 fully saturated rings. The van der Waals surface area contributed by atoms with Crippen LogP contribution in [0.25, 0.3) is 0 Å². The van der Waals surface area contributed by atoms with Gasteiger partial charge in [-0.05, 0) is 24.2 Å². The smallest absolute Gasteiger partial charge is 0.0494 e. The summed E-state index contributed by atoms with van der Waals surface area (Å²) in [7, 11) is 0. The highest BCUT2D eigenvalue weighted by atomic mass is 16.5. The molecule has 60 valence electrons. The molecule has 2 atom stereocenters. The van der Waals surface area contributed by atoms with Gasteiger partial charge < -0.3 is 4.74 Å². The minimum Gasteiger partial charge on any atom is -0.381 e. The van der Waals surface area contributed by atoms with Crippen molar-refractivity contribution in [1.82, 2.24) is 0 Å². The van der Waals surface area contributed by atoms with Crippen LogP contribution >= 0.6 is 0 Å². The summed E-state index contributed by atoms with van der Waals surface area (Å²) in [5, 5.41) is 0. The van der Waals surface area contributed by atoms with Gasteiger partial charge in [0.2, 0.25) is 0 Å². The van der Waals surface area contributed by atoms with Gasteiger partial charge in [-0.1, -0.05) is 20.8 Å². The summed E-state index contributed by atoms with van der Waals surface area (Å²) in [4.78, 5) is 0. The average Bonchev–Trinajstić information content (AvgIpc) is 1.88. The lowest BCUT2D eigenvalue weighted by atomic mass is 9.81. The molecule has 1 nitrogen and oxygen atoms in total. The first-order chi connectivity index (χ1) is 4.72. The first kappa shape index (κ1) is 8.06. The van der Waals surface area contributed by atoms with Crippen molar-refractivity contribution in [2.75, 3.05) is 13.2 Å². The van der Waals surface area contributed by atoms with Crippen molar-refractivity contribution in [3.8, 4) is 0 Å². The second-order valence-corrected chi connectivity index (χ2v) is 3.75. The van der Waals surface area contributed by atoms with Crippen molar-refractivity contribution < 1.29 is 4.74 Å². The van der Waals surface area contributed by atoms with E-state index in [-0.39, 0.29) is 0 Å². The second-order valence-electron chi connectivity index (χ2n) is 3.75. The molecular weight excluding hydrogens is 124 g/mol. The number of rotatable bonds is 1. The van der Waals surface area contributed by atoms with E-state index in [0.717, 1.165) is 31.0 Å². The molecule has 1 saturated heterocycles. The van der Waals surface area contributed by atoms with E-state index in [1.165, 1.54) is 6.42 Å². The molecule has 1 rings (SSSR count). The monoisotopic (exact) mass is 142 g/mol. The highest BCUT2D eigenvalue weighted by Crippen LogP contribution is 2.27. The van der Waals surface area contributed by atoms with E-state index in [9.17, 15) is 0 Å². The molecule has 0 radical (unpaired) electrons. The largest absolute Gasteiger partial charge is 0.381 e. The van der Waals surface area contributed by atoms with Crippen LogP contribution in [0.15, 0.2) is 0 Å². The van der Waals surface area contributed by atoms with Crippen LogP contribution in [0, 0.1) is 17.8 Å². The molecule has 0 saturated carbocycles. The Labute approximate surface area is 63.8 Å². The Morgan fingerprint density at radius 3 is 2.50 bits per heavy atom. The van der Waals surface area contributed by atoms with Crippen LogP contribution in [-0.4, -0.2) is 13.2 Å². The number of hydrogen-bond acceptors (Lipinski definition) is 1. The maximum atomic E-state index is 5.36. The van der Waals surface area contributed by atoms with Crippen molar-refractivity contribution in [2.45, 2.75) is 27.2 Å². The van der Waals surface area contributed by atoms with Gasteiger partial charge in [-0.2, -0.15) is 0 Å². The number of hydrogen-bond donors (Lipinski definition) is 0. The molecule has 0 aliphatic carbocycles. The summed E-state index contributed by atoms with van der Waals surface area (Å²) in [5.74, 6) is 2.50. The molecule has 2 unspecified atom stereocenters. The van der Waals surface area contributed by atoms with Gasteiger partial charge in [0.15, 0.2) is 0 Å². The van der Waals surface area contributed by atoms with Gasteiger partial charge in [0, 0.05) is 13.2 Å². The Balaban J connectivity index is 2.40. The summed E-state index contributed by atoms with van der Waals surface area (Å²) in [5.41, 5.74) is 0. The fourth-order valence-electron chi connectivity index (χ4n) is 1.89. The zero-order valence-corrected chi connectivity index (χ0v) is 7.26. The van der Waals surface area contributed by atoms with Crippen LogP contribution in [-0.2, 0) is 4.74 Å². The third kappa shape index (κ3) is 1.72. The predicted molar refractivity (Wildman–Crippen MR) is 42.9 cm³/mol. The van der Waals surface area contributed by atoms with Crippen molar-refractivity contribution in [3.05, 3.63) is 0 Å². The van der Waals surface area contributed by atoms with Gasteiger partial charge in [-0.15, -0.1) is 0 Å². The first-order valence-corrected chi connectivity index (χ1v) is 4.29. The Bertz CT molecular complexity index is 98.9. The molecule has 0 aromatic rings. The highest BCUT2D eigenvalue weighted by Gasteiger charge is 2.23. The van der Waals surface area contributed by atoms with E-state index in [4.69, 9.17) is 4.74 Å². The zero-order valence-electron chi connectivity index (χ0n) is 7.26. The van der Waals surface area contributed by atoms with E-state index in [1.54, 1.807) is 0 Å². The lowest BCUT2D eigenvalue weighted by Gasteiger charge is -2.31. The predicted octanol–water partition coefficient (Wildman–Crippen LogP) is 2.32. The van der Waals surface area contributed by atoms with Crippen LogP contribution in [0.1, 0.15) is 27.2 Å². The lowest BCUT2D eigenvalue weighted by Crippen LogP contribution is -2.28. The topological polar surface area (TPSA) is 9.23 Å². The van der Waals surface area contributed by atoms with E-state index < -0.39 is 0 Å². The minimum absolute atomic E-state index is 0.772. The summed E-state index contributed by atoms with van der Waals surface area (Å²) in [6.45, 7) is 8.87. The normalized spacial score (nSPS) is 34.8. The Morgan fingerprint density at radius 1 is 1.40 bits per heavy atom. The summed E-state index contributed by atoms with van der Waals surface area (Å²) >= 11 is 0. The zero-order chi connectivity index (χ0) is 7.56. The van der Waals surface area contributed by atoms with Crippen LogP contribution in [0.5, 0.6) is 0 Å². The summed E-state index contributed by atoms with van der Waals surface area (Å²) < 4.78 is 5.36. The standard InChI is InChI=1S/C9H18O/c1-7(2)9-4-5-10-6-8(9)3/h7-9H,4-6H2,1-3H3. The van der Waals surface area contributed by atoms with E-state index in [2.05, 4.69) is 20.8 Å². The molecule has 0 aromatic carbocycles. The Hall–Kier alpha value is -0.0400. The second kappa shape index (κ2) is 3.38. The average molecular weight is 142 g/mol. The van der Waals surface area contributed by atoms with Crippen molar-refractivity contribution in [2.24, 2.45) is 17.8 Å². The number of ether oxygens (including phenoxy) is 1. The molecule has 0 bridgehead atoms. The molecule has 1 heteroatoms. The van der Waals surface area contributed by atoms with Crippen LogP contribution in [0.3, 0.4) is 0 Å². The maximum absolute atomic E-state index is 5.36. The minimum atomic E-state index is 0.772. The van der Waals surface area contributed by atoms with Gasteiger partial charge in [0.1, 0.15) is 0 Å². The van der Waals surface area contributed by atoms with Gasteiger partial charge in [-0.3, -0.25) is 0 Å². The molecule has 0 spiro atoms. The van der Waals surface area contributed by atoms with Gasteiger partial charge in [0.25, 0.3) is 0 Å². The lowest BCUT2D eigenvalue weighted by molar-refractivity contribution is 0.00874. The van der Waals surface area contributed by atoms with Crippen molar-refractivity contribution >= 4 is 0 Å². The fraction of sp³-hybridized carbons (Fsp3) is 1.00. The molecular formula is C9H18O. The maximum Gasteiger partial charge on any atom is 0.0494 e. The molecule has 10 heavy (non-hydrogen) atoms. The SMILES string of the molecule is CC(C)C1CCOCC1C. The van der Waals surface area contributed by atoms with E-state index >= 15 is 0 Å².